The molecule has 0 aliphatic heterocycles. The van der Waals surface area contributed by atoms with E-state index in [0.717, 1.165) is 5.56 Å². The highest BCUT2D eigenvalue weighted by molar-refractivity contribution is 5.92. The fourth-order valence-electron chi connectivity index (χ4n) is 1.55. The number of carbonyl (C=O) groups excluding carboxylic acids is 1. The van der Waals surface area contributed by atoms with Crippen LogP contribution in [-0.4, -0.2) is 40.1 Å². The van der Waals surface area contributed by atoms with Gasteiger partial charge in [-0.2, -0.15) is 0 Å². The lowest BCUT2D eigenvalue weighted by atomic mass is 10.2. The monoisotopic (exact) mass is 251 g/mol. The van der Waals surface area contributed by atoms with Gasteiger partial charge in [-0.15, -0.1) is 0 Å². The number of likely N-dealkylation sites (N-methyl/N-ethyl adjacent to an activating group) is 1. The first kappa shape index (κ1) is 14.0. The number of hydrogen-bond acceptors (Lipinski definition) is 3. The standard InChI is InChI=1S/C12H17N3O3/c1-4-10(11(16)17)15(3)12(18)14-9-7-13-6-5-8(9)2/h5-7,10H,4H2,1-3H3,(H,14,18)(H,16,17). The molecule has 98 valence electrons. The second kappa shape index (κ2) is 6.00. The number of amides is 2. The SMILES string of the molecule is CCC(C(=O)O)N(C)C(=O)Nc1cnccc1C. The zero-order chi connectivity index (χ0) is 13.7. The summed E-state index contributed by atoms with van der Waals surface area (Å²) < 4.78 is 0. The Bertz CT molecular complexity index is 448. The van der Waals surface area contributed by atoms with E-state index in [1.165, 1.54) is 18.1 Å². The van der Waals surface area contributed by atoms with Gasteiger partial charge in [0.2, 0.25) is 0 Å². The number of urea groups is 1. The van der Waals surface area contributed by atoms with Crippen LogP contribution in [0.1, 0.15) is 18.9 Å². The maximum Gasteiger partial charge on any atom is 0.326 e. The molecule has 0 radical (unpaired) electrons. The minimum Gasteiger partial charge on any atom is -0.480 e. The van der Waals surface area contributed by atoms with Gasteiger partial charge in [0.25, 0.3) is 0 Å². The summed E-state index contributed by atoms with van der Waals surface area (Å²) in [6.07, 6.45) is 3.51. The van der Waals surface area contributed by atoms with Crippen LogP contribution in [0.25, 0.3) is 0 Å². The first-order chi connectivity index (χ1) is 8.47. The van der Waals surface area contributed by atoms with Gasteiger partial charge in [-0.05, 0) is 25.0 Å². The molecule has 6 nitrogen and oxygen atoms in total. The van der Waals surface area contributed by atoms with Gasteiger partial charge >= 0.3 is 12.0 Å². The van der Waals surface area contributed by atoms with Crippen molar-refractivity contribution in [2.24, 2.45) is 0 Å². The van der Waals surface area contributed by atoms with E-state index in [4.69, 9.17) is 5.11 Å². The average Bonchev–Trinajstić information content (AvgIpc) is 2.32. The summed E-state index contributed by atoms with van der Waals surface area (Å²) in [6, 6.07) is 0.478. The summed E-state index contributed by atoms with van der Waals surface area (Å²) in [4.78, 5) is 27.9. The van der Waals surface area contributed by atoms with Crippen molar-refractivity contribution < 1.29 is 14.7 Å². The molecule has 0 saturated carbocycles. The van der Waals surface area contributed by atoms with Gasteiger partial charge < -0.3 is 15.3 Å². The Labute approximate surface area is 106 Å². The predicted octanol–water partition coefficient (Wildman–Crippen LogP) is 1.72. The molecule has 0 bridgehead atoms. The molecule has 0 aliphatic rings. The number of nitrogens with zero attached hydrogens (tertiary/aromatic N) is 2. The van der Waals surface area contributed by atoms with E-state index in [9.17, 15) is 9.59 Å². The Morgan fingerprint density at radius 3 is 2.72 bits per heavy atom. The quantitative estimate of drug-likeness (QED) is 0.853. The Morgan fingerprint density at radius 2 is 2.22 bits per heavy atom. The number of carboxylic acid groups (broad SMARTS) is 1. The van der Waals surface area contributed by atoms with Gasteiger partial charge in [-0.3, -0.25) is 4.98 Å². The minimum absolute atomic E-state index is 0.352. The summed E-state index contributed by atoms with van der Waals surface area (Å²) in [6.45, 7) is 3.56. The van der Waals surface area contributed by atoms with Crippen molar-refractivity contribution in [3.63, 3.8) is 0 Å². The van der Waals surface area contributed by atoms with Gasteiger partial charge in [0.05, 0.1) is 11.9 Å². The minimum atomic E-state index is -1.02. The van der Waals surface area contributed by atoms with Crippen LogP contribution in [-0.2, 0) is 4.79 Å². The van der Waals surface area contributed by atoms with Crippen LogP contribution in [0, 0.1) is 6.92 Å². The fourth-order valence-corrected chi connectivity index (χ4v) is 1.55. The fraction of sp³-hybridized carbons (Fsp3) is 0.417. The Balaban J connectivity index is 2.77. The summed E-state index contributed by atoms with van der Waals surface area (Å²) in [5, 5.41) is 11.6. The van der Waals surface area contributed by atoms with Crippen molar-refractivity contribution in [1.29, 1.82) is 0 Å². The molecular weight excluding hydrogens is 234 g/mol. The number of aryl methyl sites for hydroxylation is 1. The van der Waals surface area contributed by atoms with E-state index in [2.05, 4.69) is 10.3 Å². The molecule has 0 spiro atoms. The number of pyridine rings is 1. The van der Waals surface area contributed by atoms with Crippen molar-refractivity contribution in [1.82, 2.24) is 9.88 Å². The first-order valence-electron chi connectivity index (χ1n) is 5.64. The van der Waals surface area contributed by atoms with Crippen LogP contribution < -0.4 is 5.32 Å². The Hall–Kier alpha value is -2.11. The smallest absolute Gasteiger partial charge is 0.326 e. The lowest BCUT2D eigenvalue weighted by Crippen LogP contribution is -2.44. The molecule has 0 saturated heterocycles. The van der Waals surface area contributed by atoms with E-state index in [1.54, 1.807) is 19.2 Å². The van der Waals surface area contributed by atoms with E-state index < -0.39 is 18.0 Å². The number of nitrogens with one attached hydrogen (secondary N) is 1. The van der Waals surface area contributed by atoms with E-state index in [1.807, 2.05) is 6.92 Å². The normalized spacial score (nSPS) is 11.7. The third-order valence-corrected chi connectivity index (χ3v) is 2.74. The number of hydrogen-bond donors (Lipinski definition) is 2. The molecule has 18 heavy (non-hydrogen) atoms. The molecule has 2 amide bonds. The molecule has 1 atom stereocenters. The molecule has 1 rings (SSSR count). The first-order valence-corrected chi connectivity index (χ1v) is 5.64. The highest BCUT2D eigenvalue weighted by Gasteiger charge is 2.24. The largest absolute Gasteiger partial charge is 0.480 e. The van der Waals surface area contributed by atoms with Gasteiger partial charge in [0.1, 0.15) is 6.04 Å². The number of rotatable bonds is 4. The summed E-state index contributed by atoms with van der Waals surface area (Å²) >= 11 is 0. The van der Waals surface area contributed by atoms with E-state index in [0.29, 0.717) is 12.1 Å². The molecule has 0 aromatic carbocycles. The molecule has 1 unspecified atom stereocenters. The molecule has 0 fully saturated rings. The predicted molar refractivity (Wildman–Crippen MR) is 67.5 cm³/mol. The van der Waals surface area contributed by atoms with E-state index in [-0.39, 0.29) is 0 Å². The van der Waals surface area contributed by atoms with Gasteiger partial charge in [-0.25, -0.2) is 9.59 Å². The number of carboxylic acids is 1. The van der Waals surface area contributed by atoms with Crippen LogP contribution in [0.4, 0.5) is 10.5 Å². The number of aliphatic carboxylic acids is 1. The van der Waals surface area contributed by atoms with Crippen molar-refractivity contribution in [3.8, 4) is 0 Å². The lowest BCUT2D eigenvalue weighted by Gasteiger charge is -2.24. The maximum absolute atomic E-state index is 11.9. The maximum atomic E-state index is 11.9. The second-order valence-electron chi connectivity index (χ2n) is 3.99. The number of aromatic nitrogens is 1. The molecule has 2 N–H and O–H groups in total. The van der Waals surface area contributed by atoms with Gasteiger partial charge in [0, 0.05) is 13.2 Å². The third kappa shape index (κ3) is 3.19. The number of anilines is 1. The molecular formula is C12H17N3O3. The summed E-state index contributed by atoms with van der Waals surface area (Å²) in [5.41, 5.74) is 1.45. The number of carbonyl (C=O) groups is 2. The summed E-state index contributed by atoms with van der Waals surface area (Å²) in [5.74, 6) is -1.02. The highest BCUT2D eigenvalue weighted by atomic mass is 16.4. The summed E-state index contributed by atoms with van der Waals surface area (Å²) in [7, 11) is 1.46. The van der Waals surface area contributed by atoms with Gasteiger partial charge in [-0.1, -0.05) is 6.92 Å². The lowest BCUT2D eigenvalue weighted by molar-refractivity contribution is -0.141. The van der Waals surface area contributed by atoms with Gasteiger partial charge in [0.15, 0.2) is 0 Å². The van der Waals surface area contributed by atoms with Crippen LogP contribution in [0.3, 0.4) is 0 Å². The van der Waals surface area contributed by atoms with E-state index >= 15 is 0 Å². The molecule has 0 aliphatic carbocycles. The van der Waals surface area contributed by atoms with Crippen molar-refractivity contribution in [2.45, 2.75) is 26.3 Å². The molecule has 1 aromatic heterocycles. The molecule has 1 heterocycles. The van der Waals surface area contributed by atoms with Crippen LogP contribution in [0.15, 0.2) is 18.5 Å². The second-order valence-corrected chi connectivity index (χ2v) is 3.99. The average molecular weight is 251 g/mol. The van der Waals surface area contributed by atoms with Crippen LogP contribution in [0.5, 0.6) is 0 Å². The van der Waals surface area contributed by atoms with Crippen LogP contribution >= 0.6 is 0 Å². The highest BCUT2D eigenvalue weighted by Crippen LogP contribution is 2.13. The van der Waals surface area contributed by atoms with Crippen molar-refractivity contribution in [3.05, 3.63) is 24.0 Å². The molecule has 1 aromatic rings. The zero-order valence-corrected chi connectivity index (χ0v) is 10.7. The topological polar surface area (TPSA) is 82.5 Å². The van der Waals surface area contributed by atoms with Crippen molar-refractivity contribution in [2.75, 3.05) is 12.4 Å². The molecule has 6 heteroatoms. The third-order valence-electron chi connectivity index (χ3n) is 2.74. The van der Waals surface area contributed by atoms with Crippen LogP contribution in [0.2, 0.25) is 0 Å². The Kier molecular flexibility index (Phi) is 4.65. The zero-order valence-electron chi connectivity index (χ0n) is 10.7. The Morgan fingerprint density at radius 1 is 1.56 bits per heavy atom. The van der Waals surface area contributed by atoms with Crippen molar-refractivity contribution >= 4 is 17.7 Å².